The van der Waals surface area contributed by atoms with Crippen LogP contribution in [-0.2, 0) is 21.4 Å². The molecule has 4 aliphatic rings. The maximum atomic E-state index is 14.4. The molecule has 0 N–H and O–H groups in total. The van der Waals surface area contributed by atoms with Gasteiger partial charge in [0.2, 0.25) is 11.8 Å². The molecule has 4 aromatic carbocycles. The van der Waals surface area contributed by atoms with E-state index in [0.29, 0.717) is 11.4 Å². The van der Waals surface area contributed by atoms with Crippen molar-refractivity contribution in [3.8, 4) is 5.75 Å². The largest absolute Gasteiger partial charge is 0.497 e. The van der Waals surface area contributed by atoms with Crippen molar-refractivity contribution in [3.63, 3.8) is 0 Å². The highest BCUT2D eigenvalue weighted by Gasteiger charge is 2.67. The molecule has 5 nitrogen and oxygen atoms in total. The van der Waals surface area contributed by atoms with Crippen molar-refractivity contribution < 1.29 is 14.3 Å². The molecular formula is C34H28N2O3. The maximum Gasteiger partial charge on any atom is 0.239 e. The van der Waals surface area contributed by atoms with Crippen LogP contribution in [0.4, 0.5) is 11.4 Å². The molecule has 8 rings (SSSR count). The molecule has 1 fully saturated rings. The van der Waals surface area contributed by atoms with Crippen LogP contribution in [-0.4, -0.2) is 25.1 Å². The molecule has 2 bridgehead atoms. The van der Waals surface area contributed by atoms with E-state index in [9.17, 15) is 9.59 Å². The third kappa shape index (κ3) is 3.22. The van der Waals surface area contributed by atoms with Gasteiger partial charge in [-0.3, -0.25) is 14.6 Å². The molecule has 1 heterocycles. The van der Waals surface area contributed by atoms with Crippen LogP contribution in [0.1, 0.15) is 40.7 Å². The Balaban J connectivity index is 1.45. The monoisotopic (exact) mass is 512 g/mol. The number of carbonyl (C=O) groups excluding carboxylic acids is 2. The minimum Gasteiger partial charge on any atom is -0.497 e. The third-order valence-electron chi connectivity index (χ3n) is 8.78. The van der Waals surface area contributed by atoms with E-state index in [0.717, 1.165) is 34.4 Å². The SMILES string of the molecule is CCc1ccc(N=CC23c4ccccc4C(c4ccccc42)[C@H]2C(=O)N(c4ccc(OC)cc4)C(=O)[C@@H]23)cc1. The average molecular weight is 513 g/mol. The van der Waals surface area contributed by atoms with Crippen molar-refractivity contribution in [2.24, 2.45) is 16.8 Å². The summed E-state index contributed by atoms with van der Waals surface area (Å²) in [5, 5.41) is 0. The summed E-state index contributed by atoms with van der Waals surface area (Å²) in [6, 6.07) is 31.8. The fraction of sp³-hybridized carbons (Fsp3) is 0.206. The van der Waals surface area contributed by atoms with Gasteiger partial charge in [0.15, 0.2) is 0 Å². The summed E-state index contributed by atoms with van der Waals surface area (Å²) < 4.78 is 5.31. The van der Waals surface area contributed by atoms with Gasteiger partial charge in [0.1, 0.15) is 5.75 Å². The number of imide groups is 1. The van der Waals surface area contributed by atoms with Crippen LogP contribution >= 0.6 is 0 Å². The van der Waals surface area contributed by atoms with E-state index in [1.807, 2.05) is 42.6 Å². The number of ether oxygens (including phenoxy) is 1. The Morgan fingerprint density at radius 3 is 2.03 bits per heavy atom. The molecule has 1 aliphatic heterocycles. The fourth-order valence-corrected chi connectivity index (χ4v) is 7.03. The van der Waals surface area contributed by atoms with Gasteiger partial charge in [0, 0.05) is 12.1 Å². The van der Waals surface area contributed by atoms with Gasteiger partial charge < -0.3 is 4.74 Å². The van der Waals surface area contributed by atoms with Gasteiger partial charge in [0.25, 0.3) is 0 Å². The molecule has 2 atom stereocenters. The summed E-state index contributed by atoms with van der Waals surface area (Å²) in [5.41, 5.74) is 6.07. The fourth-order valence-electron chi connectivity index (χ4n) is 7.03. The number of hydrogen-bond acceptors (Lipinski definition) is 4. The second kappa shape index (κ2) is 8.77. The number of amides is 2. The first-order valence-electron chi connectivity index (χ1n) is 13.4. The number of nitrogens with zero attached hydrogens (tertiary/aromatic N) is 2. The molecule has 0 unspecified atom stereocenters. The number of carbonyl (C=O) groups is 2. The summed E-state index contributed by atoms with van der Waals surface area (Å²) >= 11 is 0. The van der Waals surface area contributed by atoms with Gasteiger partial charge in [-0.1, -0.05) is 67.6 Å². The first-order chi connectivity index (χ1) is 19.1. The number of aryl methyl sites for hydroxylation is 1. The van der Waals surface area contributed by atoms with Gasteiger partial charge in [-0.2, -0.15) is 0 Å². The summed E-state index contributed by atoms with van der Waals surface area (Å²) in [5.74, 6) is -0.973. The van der Waals surface area contributed by atoms with E-state index in [1.54, 1.807) is 31.4 Å². The minimum atomic E-state index is -0.871. The Bertz CT molecular complexity index is 1590. The summed E-state index contributed by atoms with van der Waals surface area (Å²) in [7, 11) is 1.60. The van der Waals surface area contributed by atoms with Gasteiger partial charge in [-0.15, -0.1) is 0 Å². The van der Waals surface area contributed by atoms with Crippen LogP contribution in [0.3, 0.4) is 0 Å². The van der Waals surface area contributed by atoms with Crippen LogP contribution in [0.2, 0.25) is 0 Å². The van der Waals surface area contributed by atoms with E-state index in [-0.39, 0.29) is 17.7 Å². The van der Waals surface area contributed by atoms with Gasteiger partial charge in [-0.25, -0.2) is 4.90 Å². The van der Waals surface area contributed by atoms with E-state index < -0.39 is 17.3 Å². The second-order valence-corrected chi connectivity index (χ2v) is 10.5. The van der Waals surface area contributed by atoms with Gasteiger partial charge in [-0.05, 0) is 70.6 Å². The summed E-state index contributed by atoms with van der Waals surface area (Å²) in [6.07, 6.45) is 2.90. The van der Waals surface area contributed by atoms with Crippen molar-refractivity contribution >= 4 is 29.4 Å². The normalized spacial score (nSPS) is 24.6. The molecule has 3 aliphatic carbocycles. The lowest BCUT2D eigenvalue weighted by molar-refractivity contribution is -0.122. The maximum absolute atomic E-state index is 14.4. The van der Waals surface area contributed by atoms with Crippen molar-refractivity contribution in [3.05, 3.63) is 125 Å². The number of anilines is 1. The second-order valence-electron chi connectivity index (χ2n) is 10.5. The van der Waals surface area contributed by atoms with E-state index >= 15 is 0 Å². The van der Waals surface area contributed by atoms with E-state index in [2.05, 4.69) is 43.3 Å². The molecule has 39 heavy (non-hydrogen) atoms. The molecule has 2 amide bonds. The first kappa shape index (κ1) is 23.6. The number of rotatable bonds is 5. The predicted molar refractivity (Wildman–Crippen MR) is 152 cm³/mol. The topological polar surface area (TPSA) is 59.0 Å². The summed E-state index contributed by atoms with van der Waals surface area (Å²) in [4.78, 5) is 35.0. The lowest BCUT2D eigenvalue weighted by Crippen LogP contribution is -2.54. The van der Waals surface area contributed by atoms with Crippen LogP contribution < -0.4 is 9.64 Å². The molecular weight excluding hydrogens is 484 g/mol. The molecule has 4 aromatic rings. The average Bonchev–Trinajstić information content (AvgIpc) is 3.27. The Morgan fingerprint density at radius 2 is 1.44 bits per heavy atom. The Kier molecular flexibility index (Phi) is 5.31. The molecule has 1 saturated heterocycles. The Labute approximate surface area is 227 Å². The van der Waals surface area contributed by atoms with Crippen LogP contribution in [0.5, 0.6) is 5.75 Å². The third-order valence-corrected chi connectivity index (χ3v) is 8.78. The highest BCUT2D eigenvalue weighted by molar-refractivity contribution is 6.25. The number of hydrogen-bond donors (Lipinski definition) is 0. The van der Waals surface area contributed by atoms with E-state index in [1.165, 1.54) is 10.5 Å². The first-order valence-corrected chi connectivity index (χ1v) is 13.4. The van der Waals surface area contributed by atoms with Crippen LogP contribution in [0.15, 0.2) is 102 Å². The van der Waals surface area contributed by atoms with Crippen molar-refractivity contribution in [2.75, 3.05) is 12.0 Å². The zero-order valence-electron chi connectivity index (χ0n) is 21.9. The molecule has 0 radical (unpaired) electrons. The highest BCUT2D eigenvalue weighted by atomic mass is 16.5. The van der Waals surface area contributed by atoms with E-state index in [4.69, 9.17) is 9.73 Å². The smallest absolute Gasteiger partial charge is 0.239 e. The molecule has 0 spiro atoms. The quantitative estimate of drug-likeness (QED) is 0.236. The van der Waals surface area contributed by atoms with Gasteiger partial charge in [0.05, 0.1) is 35.7 Å². The number of aliphatic imine (C=N–C) groups is 1. The van der Waals surface area contributed by atoms with Crippen LogP contribution in [0.25, 0.3) is 0 Å². The van der Waals surface area contributed by atoms with Crippen molar-refractivity contribution in [1.29, 1.82) is 0 Å². The van der Waals surface area contributed by atoms with Crippen molar-refractivity contribution in [1.82, 2.24) is 0 Å². The zero-order chi connectivity index (χ0) is 26.7. The molecule has 0 aromatic heterocycles. The minimum absolute atomic E-state index is 0.158. The van der Waals surface area contributed by atoms with Crippen LogP contribution in [0, 0.1) is 11.8 Å². The van der Waals surface area contributed by atoms with Crippen molar-refractivity contribution in [2.45, 2.75) is 24.7 Å². The Hall–Kier alpha value is -4.51. The molecule has 5 heteroatoms. The van der Waals surface area contributed by atoms with Gasteiger partial charge >= 0.3 is 0 Å². The highest BCUT2D eigenvalue weighted by Crippen LogP contribution is 2.63. The number of benzene rings is 4. The Morgan fingerprint density at radius 1 is 0.821 bits per heavy atom. The predicted octanol–water partition coefficient (Wildman–Crippen LogP) is 6.21. The summed E-state index contributed by atoms with van der Waals surface area (Å²) in [6.45, 7) is 2.13. The lowest BCUT2D eigenvalue weighted by Gasteiger charge is -2.52. The number of methoxy groups -OCH3 is 1. The lowest BCUT2D eigenvalue weighted by atomic mass is 9.47. The molecule has 0 saturated carbocycles. The molecule has 192 valence electrons. The zero-order valence-corrected chi connectivity index (χ0v) is 21.9. The standard InChI is InChI=1S/C34H28N2O3/c1-3-21-12-14-22(15-13-21)35-20-34-27-10-6-4-8-25(27)29(26-9-5-7-11-28(26)34)30-31(34)33(38)36(32(30)37)23-16-18-24(39-2)19-17-23/h4-20,29-31H,3H2,1-2H3/t29?,30-,31-,34?/m1/s1.